The second-order valence-corrected chi connectivity index (χ2v) is 5.48. The predicted octanol–water partition coefficient (Wildman–Crippen LogP) is 3.31. The second-order valence-electron chi connectivity index (χ2n) is 4.56. The van der Waals surface area contributed by atoms with E-state index in [1.807, 2.05) is 26.0 Å². The van der Waals surface area contributed by atoms with Crippen LogP contribution in [0.3, 0.4) is 0 Å². The van der Waals surface area contributed by atoms with Gasteiger partial charge in [0.25, 0.3) is 0 Å². The summed E-state index contributed by atoms with van der Waals surface area (Å²) in [5, 5.41) is 11.8. The molecule has 0 aromatic heterocycles. The summed E-state index contributed by atoms with van der Waals surface area (Å²) in [6.45, 7) is 3.89. The lowest BCUT2D eigenvalue weighted by atomic mass is 10.1. The zero-order chi connectivity index (χ0) is 12.6. The van der Waals surface area contributed by atoms with E-state index in [-0.39, 0.29) is 5.91 Å². The Morgan fingerprint density at radius 3 is 2.35 bits per heavy atom. The minimum Gasteiger partial charge on any atom is -0.324 e. The standard InChI is InChI=1S/C13H13BrN2O/c1-8-5-10(14)6-9(2)11(8)16-12(17)13(7-15)3-4-13/h5-6H,3-4H2,1-2H3,(H,16,17). The van der Waals surface area contributed by atoms with E-state index in [0.717, 1.165) is 21.3 Å². The number of nitrogens with zero attached hydrogens (tertiary/aromatic N) is 1. The number of benzene rings is 1. The van der Waals surface area contributed by atoms with Crippen molar-refractivity contribution in [1.29, 1.82) is 5.26 Å². The normalized spacial score (nSPS) is 16.1. The summed E-state index contributed by atoms with van der Waals surface area (Å²) in [5.74, 6) is -0.173. The summed E-state index contributed by atoms with van der Waals surface area (Å²) in [5.41, 5.74) is 2.05. The Balaban J connectivity index is 2.26. The van der Waals surface area contributed by atoms with Crippen molar-refractivity contribution < 1.29 is 4.79 Å². The maximum Gasteiger partial charge on any atom is 0.244 e. The Labute approximate surface area is 109 Å². The summed E-state index contributed by atoms with van der Waals surface area (Å²) in [4.78, 5) is 12.0. The highest BCUT2D eigenvalue weighted by Crippen LogP contribution is 2.46. The molecule has 0 bridgehead atoms. The molecule has 1 amide bonds. The number of hydrogen-bond acceptors (Lipinski definition) is 2. The number of hydrogen-bond donors (Lipinski definition) is 1. The van der Waals surface area contributed by atoms with Crippen molar-refractivity contribution in [2.75, 3.05) is 5.32 Å². The van der Waals surface area contributed by atoms with Crippen LogP contribution in [0.2, 0.25) is 0 Å². The molecule has 0 spiro atoms. The van der Waals surface area contributed by atoms with Crippen molar-refractivity contribution in [2.24, 2.45) is 5.41 Å². The van der Waals surface area contributed by atoms with E-state index in [1.54, 1.807) is 0 Å². The van der Waals surface area contributed by atoms with Gasteiger partial charge in [0.15, 0.2) is 0 Å². The largest absolute Gasteiger partial charge is 0.324 e. The zero-order valence-electron chi connectivity index (χ0n) is 9.80. The van der Waals surface area contributed by atoms with Crippen LogP contribution >= 0.6 is 15.9 Å². The van der Waals surface area contributed by atoms with Gasteiger partial charge in [0.2, 0.25) is 5.91 Å². The molecule has 1 N–H and O–H groups in total. The first-order valence-corrected chi connectivity index (χ1v) is 6.27. The van der Waals surface area contributed by atoms with Crippen molar-refractivity contribution in [2.45, 2.75) is 26.7 Å². The van der Waals surface area contributed by atoms with Crippen LogP contribution in [0.25, 0.3) is 0 Å². The highest BCUT2D eigenvalue weighted by Gasteiger charge is 2.50. The second kappa shape index (κ2) is 4.15. The minimum atomic E-state index is -0.772. The van der Waals surface area contributed by atoms with Crippen molar-refractivity contribution in [3.05, 3.63) is 27.7 Å². The monoisotopic (exact) mass is 292 g/mol. The number of aryl methyl sites for hydroxylation is 2. The predicted molar refractivity (Wildman–Crippen MR) is 69.5 cm³/mol. The molecule has 1 aromatic rings. The molecule has 0 atom stereocenters. The first kappa shape index (κ1) is 12.1. The average Bonchev–Trinajstić information content (AvgIpc) is 3.03. The van der Waals surface area contributed by atoms with E-state index in [0.29, 0.717) is 12.8 Å². The Bertz CT molecular complexity index is 504. The lowest BCUT2D eigenvalue weighted by Crippen LogP contribution is -2.23. The Morgan fingerprint density at radius 2 is 1.94 bits per heavy atom. The van der Waals surface area contributed by atoms with Gasteiger partial charge in [-0.2, -0.15) is 5.26 Å². The summed E-state index contributed by atoms with van der Waals surface area (Å²) in [6, 6.07) is 6.01. The van der Waals surface area contributed by atoms with Gasteiger partial charge >= 0.3 is 0 Å². The molecule has 1 aliphatic rings. The van der Waals surface area contributed by atoms with Gasteiger partial charge in [-0.1, -0.05) is 15.9 Å². The number of rotatable bonds is 2. The number of nitrogens with one attached hydrogen (secondary N) is 1. The highest BCUT2D eigenvalue weighted by atomic mass is 79.9. The molecule has 1 aliphatic carbocycles. The first-order valence-electron chi connectivity index (χ1n) is 5.48. The SMILES string of the molecule is Cc1cc(Br)cc(C)c1NC(=O)C1(C#N)CC1. The summed E-state index contributed by atoms with van der Waals surface area (Å²) in [7, 11) is 0. The molecule has 0 unspecified atom stereocenters. The third kappa shape index (κ3) is 2.20. The van der Waals surface area contributed by atoms with Crippen LogP contribution in [0.4, 0.5) is 5.69 Å². The number of carbonyl (C=O) groups is 1. The van der Waals surface area contributed by atoms with E-state index in [2.05, 4.69) is 27.3 Å². The summed E-state index contributed by atoms with van der Waals surface area (Å²) >= 11 is 3.41. The van der Waals surface area contributed by atoms with Crippen LogP contribution in [-0.4, -0.2) is 5.91 Å². The number of amides is 1. The van der Waals surface area contributed by atoms with E-state index < -0.39 is 5.41 Å². The molecule has 0 aliphatic heterocycles. The quantitative estimate of drug-likeness (QED) is 0.909. The molecule has 3 nitrogen and oxygen atoms in total. The van der Waals surface area contributed by atoms with Crippen molar-refractivity contribution >= 4 is 27.5 Å². The smallest absolute Gasteiger partial charge is 0.244 e. The summed E-state index contributed by atoms with van der Waals surface area (Å²) < 4.78 is 0.993. The number of anilines is 1. The van der Waals surface area contributed by atoms with Gasteiger partial charge in [-0.15, -0.1) is 0 Å². The molecule has 88 valence electrons. The average molecular weight is 293 g/mol. The number of halogens is 1. The van der Waals surface area contributed by atoms with Gasteiger partial charge in [-0.05, 0) is 49.9 Å². The van der Waals surface area contributed by atoms with Crippen LogP contribution < -0.4 is 5.32 Å². The van der Waals surface area contributed by atoms with E-state index in [9.17, 15) is 4.79 Å². The molecular weight excluding hydrogens is 280 g/mol. The highest BCUT2D eigenvalue weighted by molar-refractivity contribution is 9.10. The molecule has 4 heteroatoms. The van der Waals surface area contributed by atoms with E-state index in [1.165, 1.54) is 0 Å². The van der Waals surface area contributed by atoms with Gasteiger partial charge in [-0.3, -0.25) is 4.79 Å². The van der Waals surface area contributed by atoms with Crippen LogP contribution in [0.15, 0.2) is 16.6 Å². The van der Waals surface area contributed by atoms with Crippen molar-refractivity contribution in [1.82, 2.24) is 0 Å². The molecule has 0 saturated heterocycles. The van der Waals surface area contributed by atoms with E-state index >= 15 is 0 Å². The molecule has 2 rings (SSSR count). The molecule has 1 saturated carbocycles. The van der Waals surface area contributed by atoms with Crippen LogP contribution in [0.1, 0.15) is 24.0 Å². The Morgan fingerprint density at radius 1 is 1.41 bits per heavy atom. The first-order chi connectivity index (χ1) is 7.98. The third-order valence-electron chi connectivity index (χ3n) is 3.13. The summed E-state index contributed by atoms with van der Waals surface area (Å²) in [6.07, 6.45) is 1.34. The molecule has 17 heavy (non-hydrogen) atoms. The van der Waals surface area contributed by atoms with Crippen LogP contribution in [-0.2, 0) is 4.79 Å². The molecule has 0 radical (unpaired) electrons. The van der Waals surface area contributed by atoms with Gasteiger partial charge in [0.05, 0.1) is 6.07 Å². The maximum absolute atomic E-state index is 12.0. The van der Waals surface area contributed by atoms with E-state index in [4.69, 9.17) is 5.26 Å². The van der Waals surface area contributed by atoms with Crippen LogP contribution in [0, 0.1) is 30.6 Å². The topological polar surface area (TPSA) is 52.9 Å². The lowest BCUT2D eigenvalue weighted by molar-refractivity contribution is -0.119. The maximum atomic E-state index is 12.0. The van der Waals surface area contributed by atoms with Gasteiger partial charge in [-0.25, -0.2) is 0 Å². The molecular formula is C13H13BrN2O. The molecule has 1 aromatic carbocycles. The third-order valence-corrected chi connectivity index (χ3v) is 3.59. The van der Waals surface area contributed by atoms with Gasteiger partial charge in [0, 0.05) is 10.2 Å². The zero-order valence-corrected chi connectivity index (χ0v) is 11.4. The fourth-order valence-electron chi connectivity index (χ4n) is 1.86. The fourth-order valence-corrected chi connectivity index (χ4v) is 2.54. The Kier molecular flexibility index (Phi) is 2.96. The number of nitriles is 1. The van der Waals surface area contributed by atoms with Crippen molar-refractivity contribution in [3.63, 3.8) is 0 Å². The van der Waals surface area contributed by atoms with Gasteiger partial charge in [0.1, 0.15) is 5.41 Å². The minimum absolute atomic E-state index is 0.173. The molecule has 0 heterocycles. The van der Waals surface area contributed by atoms with Gasteiger partial charge < -0.3 is 5.32 Å². The number of carbonyl (C=O) groups excluding carboxylic acids is 1. The lowest BCUT2D eigenvalue weighted by Gasteiger charge is -2.14. The Hall–Kier alpha value is -1.34. The fraction of sp³-hybridized carbons (Fsp3) is 0.385. The van der Waals surface area contributed by atoms with Crippen LogP contribution in [0.5, 0.6) is 0 Å². The van der Waals surface area contributed by atoms with Crippen molar-refractivity contribution in [3.8, 4) is 6.07 Å². The molecule has 1 fully saturated rings.